The predicted molar refractivity (Wildman–Crippen MR) is 140 cm³/mol. The van der Waals surface area contributed by atoms with Gasteiger partial charge in [-0.3, -0.25) is 19.1 Å². The number of hydrogen-bond donors (Lipinski definition) is 0. The van der Waals surface area contributed by atoms with E-state index in [2.05, 4.69) is 31.7 Å². The number of hydrogen-bond acceptors (Lipinski definition) is 6. The monoisotopic (exact) mass is 486 g/mol. The molecule has 1 aromatic heterocycles. The van der Waals surface area contributed by atoms with Crippen LogP contribution in [-0.4, -0.2) is 39.3 Å². The maximum Gasteiger partial charge on any atom is 0.270 e. The molecule has 0 spiro atoms. The van der Waals surface area contributed by atoms with Crippen LogP contribution in [0.3, 0.4) is 0 Å². The van der Waals surface area contributed by atoms with E-state index < -0.39 is 0 Å². The molecule has 2 aliphatic rings. The summed E-state index contributed by atoms with van der Waals surface area (Å²) in [7, 11) is 0. The zero-order valence-electron chi connectivity index (χ0n) is 20.1. The second kappa shape index (κ2) is 11.3. The molecule has 0 radical (unpaired) electrons. The zero-order chi connectivity index (χ0) is 24.1. The van der Waals surface area contributed by atoms with Gasteiger partial charge >= 0.3 is 0 Å². The molecule has 178 valence electrons. The Morgan fingerprint density at radius 2 is 1.79 bits per heavy atom. The van der Waals surface area contributed by atoms with Gasteiger partial charge in [-0.1, -0.05) is 57.6 Å². The van der Waals surface area contributed by atoms with Crippen LogP contribution in [0.25, 0.3) is 6.08 Å². The molecule has 2 aliphatic heterocycles. The second-order valence-corrected chi connectivity index (χ2v) is 10.7. The van der Waals surface area contributed by atoms with Gasteiger partial charge in [0.2, 0.25) is 0 Å². The Balaban J connectivity index is 2.18. The number of thioether (sulfide) groups is 1. The molecular weight excluding hydrogens is 452 g/mol. The van der Waals surface area contributed by atoms with Crippen LogP contribution in [0.5, 0.6) is 0 Å². The molecule has 0 atom stereocenters. The summed E-state index contributed by atoms with van der Waals surface area (Å²) in [5, 5.41) is 9.80. The van der Waals surface area contributed by atoms with Gasteiger partial charge < -0.3 is 4.90 Å². The van der Waals surface area contributed by atoms with Crippen LogP contribution in [-0.2, 0) is 11.3 Å². The number of anilines is 1. The number of rotatable bonds is 8. The van der Waals surface area contributed by atoms with E-state index in [4.69, 9.17) is 12.2 Å². The molecule has 0 aliphatic carbocycles. The van der Waals surface area contributed by atoms with E-state index in [9.17, 15) is 14.9 Å². The predicted octanol–water partition coefficient (Wildman–Crippen LogP) is 5.07. The molecule has 2 saturated heterocycles. The van der Waals surface area contributed by atoms with Crippen molar-refractivity contribution >= 4 is 46.1 Å². The molecule has 8 heteroatoms. The van der Waals surface area contributed by atoms with Crippen molar-refractivity contribution in [2.24, 2.45) is 5.92 Å². The van der Waals surface area contributed by atoms with Crippen molar-refractivity contribution in [1.82, 2.24) is 9.47 Å². The van der Waals surface area contributed by atoms with Gasteiger partial charge in [0.15, 0.2) is 0 Å². The van der Waals surface area contributed by atoms with Gasteiger partial charge in [0.1, 0.15) is 21.8 Å². The lowest BCUT2D eigenvalue weighted by Crippen LogP contribution is -2.39. The number of piperidine rings is 1. The van der Waals surface area contributed by atoms with Gasteiger partial charge in [-0.05, 0) is 50.2 Å². The molecule has 0 aromatic carbocycles. The van der Waals surface area contributed by atoms with Crippen LogP contribution in [0.2, 0.25) is 0 Å². The van der Waals surface area contributed by atoms with Gasteiger partial charge in [0, 0.05) is 31.7 Å². The fourth-order valence-corrected chi connectivity index (χ4v) is 5.66. The molecule has 33 heavy (non-hydrogen) atoms. The van der Waals surface area contributed by atoms with Gasteiger partial charge in [-0.15, -0.1) is 0 Å². The molecule has 6 nitrogen and oxygen atoms in total. The lowest BCUT2D eigenvalue weighted by Gasteiger charge is -2.35. The second-order valence-electron chi connectivity index (χ2n) is 9.02. The number of carbonyl (C=O) groups excluding carboxylic acids is 1. The smallest absolute Gasteiger partial charge is 0.270 e. The van der Waals surface area contributed by atoms with Crippen molar-refractivity contribution in [1.29, 1.82) is 5.26 Å². The van der Waals surface area contributed by atoms with Gasteiger partial charge in [0.05, 0.1) is 4.91 Å². The standard InChI is InChI=1S/C25H34N4O2S2/c1-5-7-11-28-22(27-13-9-17(3)10-14-27)19(18(4)20(16-26)23(28)30)15-21-24(31)29(12-8-6-2)25(32)33-21/h15,17H,5-14H2,1-4H3/b21-15-. The topological polar surface area (TPSA) is 69.3 Å². The number of aromatic nitrogens is 1. The minimum absolute atomic E-state index is 0.0825. The summed E-state index contributed by atoms with van der Waals surface area (Å²) >= 11 is 6.80. The van der Waals surface area contributed by atoms with Crippen LogP contribution in [0, 0.1) is 24.2 Å². The van der Waals surface area contributed by atoms with E-state index in [0.29, 0.717) is 33.8 Å². The molecular formula is C25H34N4O2S2. The lowest BCUT2D eigenvalue weighted by molar-refractivity contribution is -0.122. The number of amides is 1. The Morgan fingerprint density at radius 3 is 2.39 bits per heavy atom. The first-order valence-corrected chi connectivity index (χ1v) is 13.2. The van der Waals surface area contributed by atoms with E-state index in [1.807, 2.05) is 13.0 Å². The average Bonchev–Trinajstić information content (AvgIpc) is 3.06. The minimum atomic E-state index is -0.232. The summed E-state index contributed by atoms with van der Waals surface area (Å²) in [4.78, 5) is 31.0. The molecule has 0 N–H and O–H groups in total. The normalized spacial score (nSPS) is 18.5. The Hall–Kier alpha value is -2.11. The summed E-state index contributed by atoms with van der Waals surface area (Å²) in [5.41, 5.74) is 1.37. The quantitative estimate of drug-likeness (QED) is 0.378. The first-order chi connectivity index (χ1) is 15.8. The Morgan fingerprint density at radius 1 is 1.15 bits per heavy atom. The number of thiocarbonyl (C=S) groups is 1. The van der Waals surface area contributed by atoms with Crippen molar-refractivity contribution in [3.05, 3.63) is 31.9 Å². The Labute approximate surface area is 206 Å². The number of carbonyl (C=O) groups is 1. The van der Waals surface area contributed by atoms with E-state index in [1.165, 1.54) is 11.8 Å². The van der Waals surface area contributed by atoms with Crippen molar-refractivity contribution in [3.8, 4) is 6.07 Å². The van der Waals surface area contributed by atoms with Crippen molar-refractivity contribution < 1.29 is 4.79 Å². The first kappa shape index (κ1) is 25.5. The van der Waals surface area contributed by atoms with Crippen LogP contribution >= 0.6 is 24.0 Å². The Kier molecular flexibility index (Phi) is 8.77. The highest BCUT2D eigenvalue weighted by atomic mass is 32.2. The SMILES string of the molecule is CCCCN1C(=O)/C(=C/c2c(C)c(C#N)c(=O)n(CCCC)c2N2CCC(C)CC2)SC1=S. The molecule has 1 amide bonds. The average molecular weight is 487 g/mol. The van der Waals surface area contributed by atoms with Crippen LogP contribution in [0.4, 0.5) is 5.82 Å². The number of nitrogens with zero attached hydrogens (tertiary/aromatic N) is 4. The molecule has 0 unspecified atom stereocenters. The van der Waals surface area contributed by atoms with E-state index in [1.54, 1.807) is 9.47 Å². The molecule has 0 bridgehead atoms. The molecule has 1 aromatic rings. The van der Waals surface area contributed by atoms with E-state index in [0.717, 1.165) is 63.0 Å². The van der Waals surface area contributed by atoms with Gasteiger partial charge in [-0.2, -0.15) is 5.26 Å². The summed E-state index contributed by atoms with van der Waals surface area (Å²) in [5.74, 6) is 1.41. The number of unbranched alkanes of at least 4 members (excludes halogenated alkanes) is 2. The largest absolute Gasteiger partial charge is 0.357 e. The van der Waals surface area contributed by atoms with Gasteiger partial charge in [0.25, 0.3) is 11.5 Å². The molecule has 3 heterocycles. The first-order valence-electron chi connectivity index (χ1n) is 12.0. The number of nitriles is 1. The van der Waals surface area contributed by atoms with Crippen molar-refractivity contribution in [3.63, 3.8) is 0 Å². The highest BCUT2D eigenvalue weighted by Gasteiger charge is 2.33. The van der Waals surface area contributed by atoms with Gasteiger partial charge in [-0.25, -0.2) is 0 Å². The van der Waals surface area contributed by atoms with Crippen molar-refractivity contribution in [2.75, 3.05) is 24.5 Å². The third kappa shape index (κ3) is 5.36. The maximum atomic E-state index is 13.3. The molecule has 2 fully saturated rings. The Bertz CT molecular complexity index is 1050. The van der Waals surface area contributed by atoms with Crippen molar-refractivity contribution in [2.45, 2.75) is 72.8 Å². The highest BCUT2D eigenvalue weighted by Crippen LogP contribution is 2.37. The molecule has 0 saturated carbocycles. The summed E-state index contributed by atoms with van der Waals surface area (Å²) < 4.78 is 2.35. The highest BCUT2D eigenvalue weighted by molar-refractivity contribution is 8.26. The van der Waals surface area contributed by atoms with Crippen LogP contribution in [0.15, 0.2) is 9.70 Å². The number of pyridine rings is 1. The fraction of sp³-hybridized carbons (Fsp3) is 0.600. The maximum absolute atomic E-state index is 13.3. The summed E-state index contributed by atoms with van der Waals surface area (Å²) in [6, 6.07) is 2.13. The summed E-state index contributed by atoms with van der Waals surface area (Å²) in [6.45, 7) is 11.2. The third-order valence-electron chi connectivity index (χ3n) is 6.55. The molecule has 3 rings (SSSR count). The summed E-state index contributed by atoms with van der Waals surface area (Å²) in [6.07, 6.45) is 7.67. The fourth-order valence-electron chi connectivity index (χ4n) is 4.37. The lowest BCUT2D eigenvalue weighted by atomic mass is 9.97. The third-order valence-corrected chi connectivity index (χ3v) is 7.93. The zero-order valence-corrected chi connectivity index (χ0v) is 21.8. The van der Waals surface area contributed by atoms with Crippen LogP contribution < -0.4 is 10.5 Å². The van der Waals surface area contributed by atoms with E-state index in [-0.39, 0.29) is 17.0 Å². The minimum Gasteiger partial charge on any atom is -0.357 e. The van der Waals surface area contributed by atoms with E-state index >= 15 is 0 Å². The van der Waals surface area contributed by atoms with Crippen LogP contribution in [0.1, 0.15) is 76.0 Å².